The summed E-state index contributed by atoms with van der Waals surface area (Å²) in [6.07, 6.45) is 0.739. The Kier molecular flexibility index (Phi) is 10.1. The average Bonchev–Trinajstić information content (AvgIpc) is 2.95. The maximum atomic E-state index is 13.9. The molecule has 3 aromatic rings. The number of sulfonamides is 1. The van der Waals surface area contributed by atoms with E-state index < -0.39 is 28.5 Å². The van der Waals surface area contributed by atoms with Gasteiger partial charge in [-0.3, -0.25) is 13.9 Å². The smallest absolute Gasteiger partial charge is 0.264 e. The highest BCUT2D eigenvalue weighted by atomic mass is 32.2. The molecule has 0 spiro atoms. The zero-order valence-corrected chi connectivity index (χ0v) is 23.9. The Labute approximate surface area is 231 Å². The molecule has 2 amide bonds. The second kappa shape index (κ2) is 13.3. The van der Waals surface area contributed by atoms with E-state index in [9.17, 15) is 18.0 Å². The third-order valence-electron chi connectivity index (χ3n) is 6.59. The second-order valence-corrected chi connectivity index (χ2v) is 11.4. The maximum absolute atomic E-state index is 13.9. The number of benzene rings is 3. The van der Waals surface area contributed by atoms with E-state index in [4.69, 9.17) is 4.74 Å². The molecule has 0 radical (unpaired) electrons. The summed E-state index contributed by atoms with van der Waals surface area (Å²) in [6, 6.07) is 21.3. The summed E-state index contributed by atoms with van der Waals surface area (Å²) in [7, 11) is -2.64. The van der Waals surface area contributed by atoms with Crippen molar-refractivity contribution in [3.05, 3.63) is 90.0 Å². The van der Waals surface area contributed by atoms with Crippen LogP contribution in [-0.2, 0) is 26.2 Å². The van der Waals surface area contributed by atoms with Crippen molar-refractivity contribution < 1.29 is 22.7 Å². The third kappa shape index (κ3) is 7.60. The van der Waals surface area contributed by atoms with Crippen LogP contribution in [0.25, 0.3) is 0 Å². The predicted octanol–water partition coefficient (Wildman–Crippen LogP) is 4.53. The number of ether oxygens (including phenoxy) is 1. The number of amides is 2. The van der Waals surface area contributed by atoms with Crippen LogP contribution in [0.4, 0.5) is 5.69 Å². The average molecular weight is 552 g/mol. The van der Waals surface area contributed by atoms with E-state index in [1.165, 1.54) is 24.1 Å². The predicted molar refractivity (Wildman–Crippen MR) is 153 cm³/mol. The molecule has 0 saturated carbocycles. The van der Waals surface area contributed by atoms with Gasteiger partial charge in [0.15, 0.2) is 0 Å². The summed E-state index contributed by atoms with van der Waals surface area (Å²) in [5.74, 6) is -0.362. The van der Waals surface area contributed by atoms with Crippen molar-refractivity contribution in [2.75, 3.05) is 18.0 Å². The van der Waals surface area contributed by atoms with Crippen LogP contribution in [-0.4, -0.2) is 50.9 Å². The van der Waals surface area contributed by atoms with E-state index in [1.807, 2.05) is 45.0 Å². The fraction of sp³-hybridized carbons (Fsp3) is 0.333. The van der Waals surface area contributed by atoms with Crippen LogP contribution < -0.4 is 14.4 Å². The van der Waals surface area contributed by atoms with Gasteiger partial charge in [0, 0.05) is 18.7 Å². The molecule has 8 nitrogen and oxygen atoms in total. The molecule has 9 heteroatoms. The molecule has 208 valence electrons. The lowest BCUT2D eigenvalue weighted by Gasteiger charge is -2.32. The maximum Gasteiger partial charge on any atom is 0.264 e. The van der Waals surface area contributed by atoms with E-state index in [0.29, 0.717) is 5.75 Å². The SMILES string of the molecule is CCC(C)NC(=O)C(C)N(Cc1ccc(C)cc1)C(=O)CN(c1cccc(OC)c1)S(=O)(=O)c1ccccc1. The fourth-order valence-electron chi connectivity index (χ4n) is 3.95. The molecule has 3 rings (SSSR count). The molecule has 2 atom stereocenters. The zero-order chi connectivity index (χ0) is 28.6. The number of nitrogens with zero attached hydrogens (tertiary/aromatic N) is 2. The first kappa shape index (κ1) is 29.7. The van der Waals surface area contributed by atoms with Gasteiger partial charge in [0.2, 0.25) is 11.8 Å². The Morgan fingerprint density at radius 3 is 2.23 bits per heavy atom. The van der Waals surface area contributed by atoms with Gasteiger partial charge in [0.1, 0.15) is 18.3 Å². The van der Waals surface area contributed by atoms with Gasteiger partial charge in [-0.2, -0.15) is 0 Å². The zero-order valence-electron chi connectivity index (χ0n) is 23.1. The van der Waals surface area contributed by atoms with Gasteiger partial charge in [0.25, 0.3) is 10.0 Å². The van der Waals surface area contributed by atoms with Gasteiger partial charge in [-0.05, 0) is 57.0 Å². The highest BCUT2D eigenvalue weighted by Crippen LogP contribution is 2.27. The Bertz CT molecular complexity index is 1360. The van der Waals surface area contributed by atoms with Gasteiger partial charge in [-0.25, -0.2) is 8.42 Å². The van der Waals surface area contributed by atoms with Crippen LogP contribution >= 0.6 is 0 Å². The van der Waals surface area contributed by atoms with Gasteiger partial charge in [0.05, 0.1) is 17.7 Å². The van der Waals surface area contributed by atoms with E-state index >= 15 is 0 Å². The third-order valence-corrected chi connectivity index (χ3v) is 8.38. The lowest BCUT2D eigenvalue weighted by Crippen LogP contribution is -2.52. The second-order valence-electron chi connectivity index (χ2n) is 9.53. The Morgan fingerprint density at radius 2 is 1.62 bits per heavy atom. The number of carbonyl (C=O) groups is 2. The van der Waals surface area contributed by atoms with E-state index in [2.05, 4.69) is 5.32 Å². The van der Waals surface area contributed by atoms with E-state index in [1.54, 1.807) is 49.4 Å². The Hall–Kier alpha value is -3.85. The van der Waals surface area contributed by atoms with Crippen LogP contribution in [0.5, 0.6) is 5.75 Å². The molecule has 0 aliphatic rings. The molecule has 0 heterocycles. The molecule has 0 fully saturated rings. The van der Waals surface area contributed by atoms with Gasteiger partial charge < -0.3 is 15.0 Å². The quantitative estimate of drug-likeness (QED) is 0.357. The van der Waals surface area contributed by atoms with Crippen molar-refractivity contribution in [2.45, 2.75) is 57.6 Å². The van der Waals surface area contributed by atoms with Crippen LogP contribution in [0.1, 0.15) is 38.3 Å². The molecule has 0 aromatic heterocycles. The van der Waals surface area contributed by atoms with Crippen LogP contribution in [0.2, 0.25) is 0 Å². The van der Waals surface area contributed by atoms with Gasteiger partial charge in [-0.15, -0.1) is 0 Å². The van der Waals surface area contributed by atoms with Crippen LogP contribution in [0.15, 0.2) is 83.8 Å². The standard InChI is InChI=1S/C30H37N3O5S/c1-6-23(3)31-30(35)24(4)32(20-25-17-15-22(2)16-18-25)29(34)21-33(26-11-10-12-27(19-26)38-5)39(36,37)28-13-8-7-9-14-28/h7-19,23-24H,6,20-21H2,1-5H3,(H,31,35). The summed E-state index contributed by atoms with van der Waals surface area (Å²) < 4.78 is 34.0. The largest absolute Gasteiger partial charge is 0.497 e. The lowest BCUT2D eigenvalue weighted by molar-refractivity contribution is -0.139. The summed E-state index contributed by atoms with van der Waals surface area (Å²) in [6.45, 7) is 7.13. The summed E-state index contributed by atoms with van der Waals surface area (Å²) >= 11 is 0. The molecule has 3 aromatic carbocycles. The minimum atomic E-state index is -4.13. The first-order chi connectivity index (χ1) is 18.6. The van der Waals surface area contributed by atoms with Crippen molar-refractivity contribution in [1.29, 1.82) is 0 Å². The number of carbonyl (C=O) groups excluding carboxylic acids is 2. The van der Waals surface area contributed by atoms with Crippen LogP contribution in [0.3, 0.4) is 0 Å². The van der Waals surface area contributed by atoms with E-state index in [-0.39, 0.29) is 29.1 Å². The number of hydrogen-bond acceptors (Lipinski definition) is 5. The highest BCUT2D eigenvalue weighted by Gasteiger charge is 2.32. The molecular formula is C30H37N3O5S. The Morgan fingerprint density at radius 1 is 0.949 bits per heavy atom. The van der Waals surface area contributed by atoms with Crippen molar-refractivity contribution in [3.8, 4) is 5.75 Å². The molecule has 0 aliphatic heterocycles. The summed E-state index contributed by atoms with van der Waals surface area (Å²) in [4.78, 5) is 28.5. The molecule has 2 unspecified atom stereocenters. The normalized spacial score (nSPS) is 12.7. The molecule has 0 bridgehead atoms. The van der Waals surface area contributed by atoms with Crippen molar-refractivity contribution in [3.63, 3.8) is 0 Å². The number of aryl methyl sites for hydroxylation is 1. The van der Waals surface area contributed by atoms with Crippen molar-refractivity contribution in [2.24, 2.45) is 0 Å². The van der Waals surface area contributed by atoms with Gasteiger partial charge >= 0.3 is 0 Å². The van der Waals surface area contributed by atoms with Gasteiger partial charge in [-0.1, -0.05) is 61.0 Å². The first-order valence-electron chi connectivity index (χ1n) is 12.9. The summed E-state index contributed by atoms with van der Waals surface area (Å²) in [5.41, 5.74) is 2.17. The molecule has 0 saturated heterocycles. The highest BCUT2D eigenvalue weighted by molar-refractivity contribution is 7.92. The first-order valence-corrected chi connectivity index (χ1v) is 14.4. The molecule has 0 aliphatic carbocycles. The molecule has 1 N–H and O–H groups in total. The van der Waals surface area contributed by atoms with E-state index in [0.717, 1.165) is 21.9 Å². The van der Waals surface area contributed by atoms with Crippen molar-refractivity contribution >= 4 is 27.5 Å². The number of anilines is 1. The van der Waals surface area contributed by atoms with Crippen molar-refractivity contribution in [1.82, 2.24) is 10.2 Å². The topological polar surface area (TPSA) is 96.0 Å². The minimum Gasteiger partial charge on any atom is -0.497 e. The van der Waals surface area contributed by atoms with Crippen LogP contribution in [0, 0.1) is 6.92 Å². The number of rotatable bonds is 12. The molecule has 39 heavy (non-hydrogen) atoms. The monoisotopic (exact) mass is 551 g/mol. The Balaban J connectivity index is 2.02. The fourth-order valence-corrected chi connectivity index (χ4v) is 5.38. The molecular weight excluding hydrogens is 514 g/mol. The number of nitrogens with one attached hydrogen (secondary N) is 1. The minimum absolute atomic E-state index is 0.0493. The lowest BCUT2D eigenvalue weighted by atomic mass is 10.1. The summed E-state index contributed by atoms with van der Waals surface area (Å²) in [5, 5.41) is 2.93. The number of hydrogen-bond donors (Lipinski definition) is 1. The number of methoxy groups -OCH3 is 1.